The van der Waals surface area contributed by atoms with Gasteiger partial charge in [-0.05, 0) is 345 Å². The first-order chi connectivity index (χ1) is 69.7. The monoisotopic (exact) mass is 2010 g/mol. The number of Topliss-reactive ketones (excluding diaryl/α,β-unsaturated/α-hetero) is 4. The van der Waals surface area contributed by atoms with E-state index in [2.05, 4.69) is 171 Å². The molecule has 13 rings (SSSR count). The van der Waals surface area contributed by atoms with Crippen LogP contribution in [0.5, 0.6) is 46.0 Å². The van der Waals surface area contributed by atoms with Gasteiger partial charge in [0.05, 0.1) is 28.4 Å². The molecule has 0 aromatic heterocycles. The second-order valence-corrected chi connectivity index (χ2v) is 43.4. The molecule has 0 amide bonds. The van der Waals surface area contributed by atoms with E-state index >= 15 is 0 Å². The summed E-state index contributed by atoms with van der Waals surface area (Å²) in [6, 6.07) is 85.8. The van der Waals surface area contributed by atoms with Gasteiger partial charge in [0.25, 0.3) is 0 Å². The highest BCUT2D eigenvalue weighted by molar-refractivity contribution is 5.80. The van der Waals surface area contributed by atoms with Crippen LogP contribution in [-0.2, 0) is 72.0 Å². The number of benzene rings is 13. The number of carbonyl (C=O) groups is 4. The Morgan fingerprint density at radius 1 is 0.270 bits per heavy atom. The molecule has 0 saturated heterocycles. The second kappa shape index (κ2) is 55.0. The molecule has 17 heteroatoms. The average molecular weight is 2010 g/mol. The van der Waals surface area contributed by atoms with Crippen molar-refractivity contribution in [1.29, 1.82) is 0 Å². The lowest BCUT2D eigenvalue weighted by atomic mass is 9.81. The number of halogens is 4. The predicted octanol–water partition coefficient (Wildman–Crippen LogP) is 34.0. The normalized spacial score (nSPS) is 12.3. The van der Waals surface area contributed by atoms with Gasteiger partial charge in [-0.1, -0.05) is 246 Å². The highest BCUT2D eigenvalue weighted by Gasteiger charge is 2.29. The van der Waals surface area contributed by atoms with Crippen LogP contribution in [0, 0.1) is 35.1 Å². The highest BCUT2D eigenvalue weighted by atomic mass is 19.1. The van der Waals surface area contributed by atoms with Gasteiger partial charge in [-0.25, -0.2) is 17.6 Å². The molecule has 0 spiro atoms. The summed E-state index contributed by atoms with van der Waals surface area (Å²) >= 11 is 0. The van der Waals surface area contributed by atoms with Crippen molar-refractivity contribution in [3.63, 3.8) is 0 Å². The minimum Gasteiger partial charge on any atom is -0.497 e. The van der Waals surface area contributed by atoms with Gasteiger partial charge in [-0.2, -0.15) is 0 Å². The molecule has 0 saturated carbocycles. The molecule has 13 aromatic carbocycles. The van der Waals surface area contributed by atoms with E-state index in [1.165, 1.54) is 24.3 Å². The van der Waals surface area contributed by atoms with Gasteiger partial charge < -0.3 is 57.0 Å². The van der Waals surface area contributed by atoms with E-state index in [-0.39, 0.29) is 99.2 Å². The van der Waals surface area contributed by atoms with Crippen LogP contribution < -0.4 is 37.9 Å². The largest absolute Gasteiger partial charge is 0.497 e. The zero-order valence-electron chi connectivity index (χ0n) is 91.0. The summed E-state index contributed by atoms with van der Waals surface area (Å²) in [6.45, 7) is 42.9. The Kier molecular flexibility index (Phi) is 44.0. The van der Waals surface area contributed by atoms with E-state index in [1.807, 2.05) is 140 Å². The van der Waals surface area contributed by atoms with Gasteiger partial charge >= 0.3 is 0 Å². The molecule has 0 heterocycles. The van der Waals surface area contributed by atoms with Crippen LogP contribution in [0.25, 0.3) is 44.5 Å². The maximum Gasteiger partial charge on any atom is 0.131 e. The third-order valence-electron chi connectivity index (χ3n) is 26.1. The van der Waals surface area contributed by atoms with E-state index in [4.69, 9.17) is 42.6 Å². The lowest BCUT2D eigenvalue weighted by Gasteiger charge is -2.24. The Morgan fingerprint density at radius 3 is 0.743 bits per heavy atom. The number of hydrogen-bond donors (Lipinski definition) is 0. The lowest BCUT2D eigenvalue weighted by Crippen LogP contribution is -2.13. The van der Waals surface area contributed by atoms with Crippen molar-refractivity contribution in [2.24, 2.45) is 11.8 Å². The Morgan fingerprint density at radius 2 is 0.507 bits per heavy atom. The topological polar surface area (TPSA) is 151 Å². The van der Waals surface area contributed by atoms with Gasteiger partial charge in [0.2, 0.25) is 0 Å². The lowest BCUT2D eigenvalue weighted by molar-refractivity contribution is -0.118. The fourth-order valence-corrected chi connectivity index (χ4v) is 18.7. The SMILES string of the molecule is C.COCCC[C@H](CC(C)=O)c1ccc(OCc2ccc(C(C)(C)C)c(-c3cc(OC)ccc3F)c2)cc1.COc1ccc(F)c(-c2cc(COc3ccc([C@@H](CC(C)=O)CC(C)C)cc3)ccc2C(C)(C)C)c1.COc1ccc(F)c(-c2cc(COc3ccc([C@@H](CC(C)=O)c4ccccc4)cc3)ccc2C(C)(C)C)c1.COc1ccc(F)c(-c2cc(COc3ccc([C@H](CC(C)=O)CC(C)C)cc3)ccc2C(C)(C)C)c1. The zero-order chi connectivity index (χ0) is 107. The minimum atomic E-state index is -0.288. The molecule has 13 aromatic rings. The first kappa shape index (κ1) is 118. The molecule has 0 aliphatic heterocycles. The van der Waals surface area contributed by atoms with E-state index in [0.29, 0.717) is 116 Å². The molecule has 13 nitrogen and oxygen atoms in total. The third kappa shape index (κ3) is 35.2. The number of methoxy groups -OCH3 is 5. The van der Waals surface area contributed by atoms with Crippen molar-refractivity contribution in [3.05, 3.63) is 369 Å². The Bertz CT molecular complexity index is 6290. The molecule has 4 atom stereocenters. The number of ether oxygens (including phenoxy) is 9. The van der Waals surface area contributed by atoms with Gasteiger partial charge in [0.15, 0.2) is 0 Å². The van der Waals surface area contributed by atoms with E-state index in [1.54, 1.807) is 112 Å². The molecular formula is C131H156F4O13. The van der Waals surface area contributed by atoms with Crippen molar-refractivity contribution in [2.45, 2.75) is 269 Å². The summed E-state index contributed by atoms with van der Waals surface area (Å²) in [5, 5.41) is 0. The molecule has 0 radical (unpaired) electrons. The molecule has 0 N–H and O–H groups in total. The molecule has 0 fully saturated rings. The molecule has 0 bridgehead atoms. The van der Waals surface area contributed by atoms with Crippen LogP contribution in [0.3, 0.4) is 0 Å². The van der Waals surface area contributed by atoms with E-state index in [0.717, 1.165) is 143 Å². The summed E-state index contributed by atoms with van der Waals surface area (Å²) in [7, 11) is 8.03. The summed E-state index contributed by atoms with van der Waals surface area (Å²) in [6.07, 6.45) is 5.85. The van der Waals surface area contributed by atoms with Crippen molar-refractivity contribution in [3.8, 4) is 90.5 Å². The molecule has 0 aliphatic carbocycles. The summed E-state index contributed by atoms with van der Waals surface area (Å²) < 4.78 is 111. The fourth-order valence-electron chi connectivity index (χ4n) is 18.7. The average Bonchev–Trinajstić information content (AvgIpc) is 0.792. The number of rotatable bonds is 41. The molecule has 0 aliphatic rings. The van der Waals surface area contributed by atoms with Crippen LogP contribution in [0.1, 0.15) is 293 Å². The standard InChI is InChI=1S/C34H35FO3.C32H39FO4.2C32H39FO3.CH4/c1-23(36)19-29(25-9-7-6-8-10-25)26-12-14-27(15-13-26)38-22-24-11-17-32(34(2,3)4)30(20-24)31-21-28(37-5)16-18-33(31)35;1-22(34)18-25(8-7-17-35-5)24-10-12-26(13-11-24)37-21-23-9-15-30(32(2,3)4)28(19-23)29-20-27(36-6)14-16-31(29)33;2*1-21(2)16-25(17-22(3)34)24-9-11-26(12-10-24)36-20-23-8-14-30(32(4,5)6)28(18-23)29-19-27(35-7)13-15-31(29)33;/h6-18,20-21,29H,19,22H2,1-5H3;9-16,19-20,25H,7-8,17-18,21H2,1-6H3;2*8-15,18-19,21,25H,16-17,20H2,1-7H3;1H4/t29-;3*25-;/m0110./s1. The smallest absolute Gasteiger partial charge is 0.131 e. The second-order valence-electron chi connectivity index (χ2n) is 43.4. The van der Waals surface area contributed by atoms with Crippen molar-refractivity contribution < 1.29 is 79.4 Å². The Hall–Kier alpha value is -13.4. The zero-order valence-corrected chi connectivity index (χ0v) is 91.0. The molecule has 148 heavy (non-hydrogen) atoms. The van der Waals surface area contributed by atoms with Crippen molar-refractivity contribution in [1.82, 2.24) is 0 Å². The fraction of sp³-hybridized carbons (Fsp3) is 0.374. The van der Waals surface area contributed by atoms with Crippen molar-refractivity contribution >= 4 is 23.1 Å². The minimum absolute atomic E-state index is 0. The maximum atomic E-state index is 14.9. The van der Waals surface area contributed by atoms with Crippen LogP contribution in [-0.4, -0.2) is 65.3 Å². The molecular weight excluding hydrogens is 1860 g/mol. The quantitative estimate of drug-likeness (QED) is 0.0264. The van der Waals surface area contributed by atoms with E-state index < -0.39 is 0 Å². The number of carbonyl (C=O) groups excluding carboxylic acids is 4. The van der Waals surface area contributed by atoms with E-state index in [9.17, 15) is 36.7 Å². The third-order valence-corrected chi connectivity index (χ3v) is 26.1. The predicted molar refractivity (Wildman–Crippen MR) is 596 cm³/mol. The summed E-state index contributed by atoms with van der Waals surface area (Å²) in [5.41, 5.74) is 18.4. The van der Waals surface area contributed by atoms with Crippen molar-refractivity contribution in [2.75, 3.05) is 42.2 Å². The number of ketones is 4. The first-order valence-electron chi connectivity index (χ1n) is 51.0. The highest BCUT2D eigenvalue weighted by Crippen LogP contribution is 2.45. The molecule has 786 valence electrons. The van der Waals surface area contributed by atoms with Gasteiger partial charge in [0.1, 0.15) is 119 Å². The van der Waals surface area contributed by atoms with Gasteiger partial charge in [-0.15, -0.1) is 0 Å². The van der Waals surface area contributed by atoms with Gasteiger partial charge in [0, 0.05) is 67.6 Å². The first-order valence-corrected chi connectivity index (χ1v) is 51.0. The summed E-state index contributed by atoms with van der Waals surface area (Å²) in [4.78, 5) is 47.2. The van der Waals surface area contributed by atoms with Crippen LogP contribution >= 0.6 is 0 Å². The summed E-state index contributed by atoms with van der Waals surface area (Å²) in [5.74, 6) is 6.76. The van der Waals surface area contributed by atoms with Crippen LogP contribution in [0.4, 0.5) is 17.6 Å². The Balaban J connectivity index is 0.000000219. The van der Waals surface area contributed by atoms with Crippen LogP contribution in [0.15, 0.2) is 273 Å². The molecule has 0 unspecified atom stereocenters. The van der Waals surface area contributed by atoms with Gasteiger partial charge in [-0.3, -0.25) is 4.79 Å². The number of hydrogen-bond acceptors (Lipinski definition) is 13. The van der Waals surface area contributed by atoms with Crippen LogP contribution in [0.2, 0.25) is 0 Å². The Labute approximate surface area is 879 Å². The maximum absolute atomic E-state index is 14.9.